The van der Waals surface area contributed by atoms with Gasteiger partial charge in [0.2, 0.25) is 5.91 Å². The van der Waals surface area contributed by atoms with Crippen LogP contribution in [0.1, 0.15) is 36.7 Å². The van der Waals surface area contributed by atoms with Crippen LogP contribution in [0.25, 0.3) is 11.0 Å². The third-order valence-electron chi connectivity index (χ3n) is 6.16. The predicted octanol–water partition coefficient (Wildman–Crippen LogP) is 5.17. The van der Waals surface area contributed by atoms with Crippen molar-refractivity contribution in [3.63, 3.8) is 0 Å². The van der Waals surface area contributed by atoms with Gasteiger partial charge in [-0.1, -0.05) is 54.6 Å². The molecule has 0 aliphatic carbocycles. The van der Waals surface area contributed by atoms with Gasteiger partial charge in [0.15, 0.2) is 0 Å². The van der Waals surface area contributed by atoms with Crippen LogP contribution in [0, 0.1) is 0 Å². The number of para-hydroxylation sites is 4. The third-order valence-corrected chi connectivity index (χ3v) is 6.16. The number of nitrogens with zero attached hydrogens (tertiary/aromatic N) is 3. The number of benzene rings is 3. The molecule has 0 saturated carbocycles. The number of anilines is 1. The number of hydrogen-bond donors (Lipinski definition) is 0. The first kappa shape index (κ1) is 19.4. The molecule has 1 aromatic heterocycles. The van der Waals surface area contributed by atoms with Gasteiger partial charge in [0.05, 0.1) is 29.9 Å². The van der Waals surface area contributed by atoms with Gasteiger partial charge in [0.1, 0.15) is 11.6 Å². The van der Waals surface area contributed by atoms with Crippen molar-refractivity contribution in [2.75, 3.05) is 18.6 Å². The molecular formula is C26H25N3O2. The molecule has 4 aromatic rings. The molecule has 5 rings (SSSR count). The molecule has 31 heavy (non-hydrogen) atoms. The lowest BCUT2D eigenvalue weighted by Crippen LogP contribution is -2.25. The second kappa shape index (κ2) is 7.91. The molecule has 1 aliphatic heterocycles. The van der Waals surface area contributed by atoms with Gasteiger partial charge in [-0.2, -0.15) is 0 Å². The Balaban J connectivity index is 1.57. The van der Waals surface area contributed by atoms with E-state index < -0.39 is 0 Å². The van der Waals surface area contributed by atoms with E-state index >= 15 is 0 Å². The molecule has 1 saturated heterocycles. The molecule has 1 fully saturated rings. The molecule has 2 atom stereocenters. The van der Waals surface area contributed by atoms with Gasteiger partial charge in [0, 0.05) is 18.9 Å². The van der Waals surface area contributed by atoms with Crippen molar-refractivity contribution >= 4 is 22.6 Å². The first-order valence-electron chi connectivity index (χ1n) is 10.6. The Hall–Kier alpha value is -3.60. The number of fused-ring (bicyclic) bond motifs is 1. The number of carbonyl (C=O) groups is 1. The molecule has 0 spiro atoms. The maximum atomic E-state index is 13.0. The standard InChI is InChI=1S/C26H25N3O2/c1-18(19-10-4-3-5-11-19)29-22-13-7-6-12-21(22)27-26(29)20-16-25(30)28(17-20)23-14-8-9-15-24(23)31-2/h3-15,18,20H,16-17H2,1-2H3. The van der Waals surface area contributed by atoms with Crippen LogP contribution in [0.3, 0.4) is 0 Å². The number of aromatic nitrogens is 2. The Kier molecular flexibility index (Phi) is 4.94. The first-order chi connectivity index (χ1) is 15.2. The minimum absolute atomic E-state index is 0.0102. The van der Waals surface area contributed by atoms with E-state index in [1.807, 2.05) is 53.4 Å². The molecule has 0 radical (unpaired) electrons. The van der Waals surface area contributed by atoms with Crippen molar-refractivity contribution in [3.05, 3.63) is 90.3 Å². The average Bonchev–Trinajstić information content (AvgIpc) is 3.39. The predicted molar refractivity (Wildman–Crippen MR) is 123 cm³/mol. The fourth-order valence-electron chi connectivity index (χ4n) is 4.60. The van der Waals surface area contributed by atoms with Crippen LogP contribution < -0.4 is 9.64 Å². The number of imidazole rings is 1. The Labute approximate surface area is 181 Å². The van der Waals surface area contributed by atoms with Gasteiger partial charge in [-0.05, 0) is 36.8 Å². The number of methoxy groups -OCH3 is 1. The molecule has 1 amide bonds. The summed E-state index contributed by atoms with van der Waals surface area (Å²) in [5.74, 6) is 1.78. The summed E-state index contributed by atoms with van der Waals surface area (Å²) in [5.41, 5.74) is 4.09. The van der Waals surface area contributed by atoms with E-state index in [4.69, 9.17) is 9.72 Å². The highest BCUT2D eigenvalue weighted by molar-refractivity contribution is 5.97. The second-order valence-corrected chi connectivity index (χ2v) is 7.99. The van der Waals surface area contributed by atoms with E-state index in [2.05, 4.69) is 41.8 Å². The Bertz CT molecular complexity index is 1230. The van der Waals surface area contributed by atoms with E-state index in [1.165, 1.54) is 5.56 Å². The van der Waals surface area contributed by atoms with E-state index in [0.717, 1.165) is 22.5 Å². The zero-order chi connectivity index (χ0) is 21.4. The lowest BCUT2D eigenvalue weighted by atomic mass is 10.0. The Morgan fingerprint density at radius 2 is 1.68 bits per heavy atom. The summed E-state index contributed by atoms with van der Waals surface area (Å²) in [6, 6.07) is 26.4. The zero-order valence-corrected chi connectivity index (χ0v) is 17.7. The fraction of sp³-hybridized carbons (Fsp3) is 0.231. The number of rotatable bonds is 5. The number of hydrogen-bond acceptors (Lipinski definition) is 3. The highest BCUT2D eigenvalue weighted by Gasteiger charge is 2.36. The van der Waals surface area contributed by atoms with E-state index in [-0.39, 0.29) is 17.9 Å². The van der Waals surface area contributed by atoms with Gasteiger partial charge in [-0.3, -0.25) is 4.79 Å². The molecule has 156 valence electrons. The molecule has 3 aromatic carbocycles. The first-order valence-corrected chi connectivity index (χ1v) is 10.6. The third kappa shape index (κ3) is 3.36. The van der Waals surface area contributed by atoms with Crippen molar-refractivity contribution in [2.45, 2.75) is 25.3 Å². The van der Waals surface area contributed by atoms with E-state index in [9.17, 15) is 4.79 Å². The highest BCUT2D eigenvalue weighted by Crippen LogP contribution is 2.38. The lowest BCUT2D eigenvalue weighted by molar-refractivity contribution is -0.117. The Morgan fingerprint density at radius 1 is 0.968 bits per heavy atom. The van der Waals surface area contributed by atoms with Crippen molar-refractivity contribution in [3.8, 4) is 5.75 Å². The lowest BCUT2D eigenvalue weighted by Gasteiger charge is -2.22. The molecule has 0 N–H and O–H groups in total. The van der Waals surface area contributed by atoms with Gasteiger partial charge in [-0.25, -0.2) is 4.98 Å². The molecule has 0 bridgehead atoms. The summed E-state index contributed by atoms with van der Waals surface area (Å²) in [6.45, 7) is 2.78. The van der Waals surface area contributed by atoms with Crippen LogP contribution in [-0.2, 0) is 4.79 Å². The van der Waals surface area contributed by atoms with Crippen molar-refractivity contribution < 1.29 is 9.53 Å². The number of carbonyl (C=O) groups excluding carboxylic acids is 1. The van der Waals surface area contributed by atoms with Crippen LogP contribution in [0.2, 0.25) is 0 Å². The van der Waals surface area contributed by atoms with Gasteiger partial charge in [-0.15, -0.1) is 0 Å². The van der Waals surface area contributed by atoms with Crippen LogP contribution in [0.5, 0.6) is 5.75 Å². The minimum Gasteiger partial charge on any atom is -0.495 e. The number of ether oxygens (including phenoxy) is 1. The quantitative estimate of drug-likeness (QED) is 0.455. The summed E-state index contributed by atoms with van der Waals surface area (Å²) in [7, 11) is 1.64. The topological polar surface area (TPSA) is 47.4 Å². The fourth-order valence-corrected chi connectivity index (χ4v) is 4.60. The molecule has 5 heteroatoms. The molecule has 2 unspecified atom stereocenters. The van der Waals surface area contributed by atoms with Crippen LogP contribution in [0.4, 0.5) is 5.69 Å². The normalized spacial score (nSPS) is 17.3. The molecular weight excluding hydrogens is 386 g/mol. The summed E-state index contributed by atoms with van der Waals surface area (Å²) >= 11 is 0. The van der Waals surface area contributed by atoms with Gasteiger partial charge < -0.3 is 14.2 Å². The average molecular weight is 412 g/mol. The highest BCUT2D eigenvalue weighted by atomic mass is 16.5. The second-order valence-electron chi connectivity index (χ2n) is 7.99. The SMILES string of the molecule is COc1ccccc1N1CC(c2nc3ccccc3n2C(C)c2ccccc2)CC1=O. The van der Waals surface area contributed by atoms with Crippen LogP contribution >= 0.6 is 0 Å². The van der Waals surface area contributed by atoms with Gasteiger partial charge in [0.25, 0.3) is 0 Å². The van der Waals surface area contributed by atoms with E-state index in [1.54, 1.807) is 7.11 Å². The maximum Gasteiger partial charge on any atom is 0.227 e. The molecule has 2 heterocycles. The van der Waals surface area contributed by atoms with Gasteiger partial charge >= 0.3 is 0 Å². The van der Waals surface area contributed by atoms with Crippen LogP contribution in [0.15, 0.2) is 78.9 Å². The summed E-state index contributed by atoms with van der Waals surface area (Å²) in [6.07, 6.45) is 0.433. The largest absolute Gasteiger partial charge is 0.495 e. The molecule has 1 aliphatic rings. The number of amides is 1. The summed E-state index contributed by atoms with van der Waals surface area (Å²) < 4.78 is 7.80. The van der Waals surface area contributed by atoms with Crippen molar-refractivity contribution in [1.29, 1.82) is 0 Å². The smallest absolute Gasteiger partial charge is 0.227 e. The minimum atomic E-state index is 0.0102. The van der Waals surface area contributed by atoms with Crippen molar-refractivity contribution in [2.24, 2.45) is 0 Å². The van der Waals surface area contributed by atoms with Crippen molar-refractivity contribution in [1.82, 2.24) is 9.55 Å². The summed E-state index contributed by atoms with van der Waals surface area (Å²) in [5, 5.41) is 0. The molecule has 5 nitrogen and oxygen atoms in total. The zero-order valence-electron chi connectivity index (χ0n) is 17.7. The monoisotopic (exact) mass is 411 g/mol. The maximum absolute atomic E-state index is 13.0. The summed E-state index contributed by atoms with van der Waals surface area (Å²) in [4.78, 5) is 19.9. The van der Waals surface area contributed by atoms with E-state index in [0.29, 0.717) is 18.7 Å². The van der Waals surface area contributed by atoms with Crippen LogP contribution in [-0.4, -0.2) is 29.1 Å². The Morgan fingerprint density at radius 3 is 2.48 bits per heavy atom.